The molecule has 0 aliphatic carbocycles. The highest BCUT2D eigenvalue weighted by molar-refractivity contribution is 6.42. The average molecular weight is 419 g/mol. The van der Waals surface area contributed by atoms with Crippen LogP contribution < -0.4 is 10.1 Å². The number of nitrogens with one attached hydrogen (secondary N) is 1. The van der Waals surface area contributed by atoms with E-state index in [9.17, 15) is 14.7 Å². The standard InChI is InChI=1S/C18H24Cl2N2O5/c1-10(17(23)27-3)21-9-12-8-11(6-7-22(12)18(24)25)15-14(26-2)5-4-13(19)16(15)20/h4-5,10-12,21H,6-9H2,1-3H3,(H,24,25)/t10?,11-,12+/m1/s1. The number of carbonyl (C=O) groups is 2. The van der Waals surface area contributed by atoms with E-state index >= 15 is 0 Å². The molecule has 1 aliphatic rings. The Balaban J connectivity index is 2.22. The number of ether oxygens (including phenoxy) is 2. The Labute approximate surface area is 168 Å². The van der Waals surface area contributed by atoms with Crippen molar-refractivity contribution in [2.24, 2.45) is 0 Å². The van der Waals surface area contributed by atoms with Crippen molar-refractivity contribution in [3.05, 3.63) is 27.7 Å². The predicted molar refractivity (Wildman–Crippen MR) is 103 cm³/mol. The van der Waals surface area contributed by atoms with E-state index < -0.39 is 18.1 Å². The molecule has 27 heavy (non-hydrogen) atoms. The van der Waals surface area contributed by atoms with Crippen LogP contribution in [0.25, 0.3) is 0 Å². The zero-order valence-corrected chi connectivity index (χ0v) is 17.0. The van der Waals surface area contributed by atoms with Gasteiger partial charge in [0.15, 0.2) is 0 Å². The molecule has 2 N–H and O–H groups in total. The molecule has 150 valence electrons. The maximum absolute atomic E-state index is 11.6. The van der Waals surface area contributed by atoms with E-state index in [4.69, 9.17) is 32.7 Å². The largest absolute Gasteiger partial charge is 0.496 e. The molecule has 1 saturated heterocycles. The topological polar surface area (TPSA) is 88.1 Å². The molecule has 1 aromatic rings. The van der Waals surface area contributed by atoms with Crippen LogP contribution in [0, 0.1) is 0 Å². The Morgan fingerprint density at radius 2 is 2.07 bits per heavy atom. The van der Waals surface area contributed by atoms with Gasteiger partial charge in [-0.25, -0.2) is 4.79 Å². The number of amides is 1. The van der Waals surface area contributed by atoms with E-state index in [-0.39, 0.29) is 12.0 Å². The lowest BCUT2D eigenvalue weighted by Gasteiger charge is -2.39. The molecule has 0 radical (unpaired) electrons. The molecular weight excluding hydrogens is 395 g/mol. The van der Waals surface area contributed by atoms with E-state index in [2.05, 4.69) is 5.32 Å². The lowest BCUT2D eigenvalue weighted by molar-refractivity contribution is -0.142. The summed E-state index contributed by atoms with van der Waals surface area (Å²) in [5.74, 6) is 0.221. The summed E-state index contributed by atoms with van der Waals surface area (Å²) < 4.78 is 10.1. The van der Waals surface area contributed by atoms with Crippen LogP contribution in [0.3, 0.4) is 0 Å². The second kappa shape index (κ2) is 9.48. The van der Waals surface area contributed by atoms with Gasteiger partial charge in [-0.3, -0.25) is 4.79 Å². The fourth-order valence-electron chi connectivity index (χ4n) is 3.44. The lowest BCUT2D eigenvalue weighted by atomic mass is 9.84. The Kier molecular flexibility index (Phi) is 7.59. The first-order valence-electron chi connectivity index (χ1n) is 8.62. The van der Waals surface area contributed by atoms with Crippen LogP contribution >= 0.6 is 23.2 Å². The first-order chi connectivity index (χ1) is 12.8. The van der Waals surface area contributed by atoms with Crippen LogP contribution in [-0.2, 0) is 9.53 Å². The summed E-state index contributed by atoms with van der Waals surface area (Å²) in [6.45, 7) is 2.35. The van der Waals surface area contributed by atoms with Gasteiger partial charge in [0.05, 0.1) is 24.3 Å². The highest BCUT2D eigenvalue weighted by atomic mass is 35.5. The van der Waals surface area contributed by atoms with Crippen molar-refractivity contribution < 1.29 is 24.2 Å². The Bertz CT molecular complexity index is 701. The number of carbonyl (C=O) groups excluding carboxylic acids is 1. The third kappa shape index (κ3) is 4.97. The van der Waals surface area contributed by atoms with Crippen LogP contribution in [-0.4, -0.2) is 61.5 Å². The first kappa shape index (κ1) is 21.6. The van der Waals surface area contributed by atoms with Gasteiger partial charge in [0, 0.05) is 24.7 Å². The monoisotopic (exact) mass is 418 g/mol. The lowest BCUT2D eigenvalue weighted by Crippen LogP contribution is -2.51. The number of hydrogen-bond acceptors (Lipinski definition) is 5. The van der Waals surface area contributed by atoms with Crippen LogP contribution in [0.4, 0.5) is 4.79 Å². The molecule has 7 nitrogen and oxygen atoms in total. The number of rotatable bonds is 6. The molecule has 1 aliphatic heterocycles. The summed E-state index contributed by atoms with van der Waals surface area (Å²) in [5.41, 5.74) is 0.794. The molecule has 0 aromatic heterocycles. The van der Waals surface area contributed by atoms with Gasteiger partial charge in [-0.05, 0) is 37.8 Å². The zero-order chi connectivity index (χ0) is 20.1. The summed E-state index contributed by atoms with van der Waals surface area (Å²) in [7, 11) is 2.88. The number of benzene rings is 1. The quantitative estimate of drug-likeness (QED) is 0.688. The summed E-state index contributed by atoms with van der Waals surface area (Å²) in [6.07, 6.45) is 0.144. The fourth-order valence-corrected chi connectivity index (χ4v) is 3.91. The molecule has 2 rings (SSSR count). The number of carboxylic acid groups (broad SMARTS) is 1. The average Bonchev–Trinajstić information content (AvgIpc) is 2.66. The van der Waals surface area contributed by atoms with Gasteiger partial charge in [-0.1, -0.05) is 23.2 Å². The highest BCUT2D eigenvalue weighted by Crippen LogP contribution is 2.43. The van der Waals surface area contributed by atoms with E-state index in [1.54, 1.807) is 26.2 Å². The molecule has 1 amide bonds. The van der Waals surface area contributed by atoms with Crippen molar-refractivity contribution in [3.63, 3.8) is 0 Å². The van der Waals surface area contributed by atoms with E-state index in [0.29, 0.717) is 41.7 Å². The summed E-state index contributed by atoms with van der Waals surface area (Å²) in [4.78, 5) is 24.6. The van der Waals surface area contributed by atoms with Gasteiger partial charge >= 0.3 is 12.1 Å². The van der Waals surface area contributed by atoms with Gasteiger partial charge in [-0.2, -0.15) is 0 Å². The highest BCUT2D eigenvalue weighted by Gasteiger charge is 2.35. The molecule has 1 heterocycles. The molecule has 1 aromatic carbocycles. The van der Waals surface area contributed by atoms with E-state index in [0.717, 1.165) is 5.56 Å². The normalized spacial score (nSPS) is 20.9. The van der Waals surface area contributed by atoms with Crippen LogP contribution in [0.15, 0.2) is 12.1 Å². The zero-order valence-electron chi connectivity index (χ0n) is 15.5. The van der Waals surface area contributed by atoms with Crippen LogP contribution in [0.2, 0.25) is 10.0 Å². The SMILES string of the molecule is COC(=O)C(C)NC[C@@H]1C[C@H](c2c(OC)ccc(Cl)c2Cl)CCN1C(=O)O. The molecule has 0 saturated carbocycles. The van der Waals surface area contributed by atoms with Gasteiger partial charge < -0.3 is 24.8 Å². The van der Waals surface area contributed by atoms with Crippen molar-refractivity contribution in [1.29, 1.82) is 0 Å². The molecule has 0 bridgehead atoms. The van der Waals surface area contributed by atoms with E-state index in [1.807, 2.05) is 0 Å². The van der Waals surface area contributed by atoms with Crippen LogP contribution in [0.5, 0.6) is 5.75 Å². The van der Waals surface area contributed by atoms with Crippen molar-refractivity contribution in [2.45, 2.75) is 37.8 Å². The number of methoxy groups -OCH3 is 2. The number of likely N-dealkylation sites (tertiary alicyclic amines) is 1. The second-order valence-electron chi connectivity index (χ2n) is 6.48. The molecular formula is C18H24Cl2N2O5. The Hall–Kier alpha value is -1.70. The molecule has 9 heteroatoms. The molecule has 3 atom stereocenters. The minimum Gasteiger partial charge on any atom is -0.496 e. The van der Waals surface area contributed by atoms with Gasteiger partial charge in [-0.15, -0.1) is 0 Å². The van der Waals surface area contributed by atoms with Crippen molar-refractivity contribution in [3.8, 4) is 5.75 Å². The number of nitrogens with zero attached hydrogens (tertiary/aromatic N) is 1. The smallest absolute Gasteiger partial charge is 0.407 e. The third-order valence-corrected chi connectivity index (χ3v) is 5.72. The maximum atomic E-state index is 11.6. The van der Waals surface area contributed by atoms with Crippen molar-refractivity contribution in [1.82, 2.24) is 10.2 Å². The number of hydrogen-bond donors (Lipinski definition) is 2. The fraction of sp³-hybridized carbons (Fsp3) is 0.556. The van der Waals surface area contributed by atoms with Gasteiger partial charge in [0.1, 0.15) is 11.8 Å². The van der Waals surface area contributed by atoms with Gasteiger partial charge in [0.25, 0.3) is 0 Å². The van der Waals surface area contributed by atoms with Gasteiger partial charge in [0.2, 0.25) is 0 Å². The van der Waals surface area contributed by atoms with E-state index in [1.165, 1.54) is 12.0 Å². The molecule has 0 spiro atoms. The molecule has 1 unspecified atom stereocenters. The van der Waals surface area contributed by atoms with Crippen molar-refractivity contribution in [2.75, 3.05) is 27.3 Å². The maximum Gasteiger partial charge on any atom is 0.407 e. The Morgan fingerprint density at radius 1 is 1.37 bits per heavy atom. The second-order valence-corrected chi connectivity index (χ2v) is 7.27. The Morgan fingerprint density at radius 3 is 2.67 bits per heavy atom. The summed E-state index contributed by atoms with van der Waals surface area (Å²) in [5, 5.41) is 13.4. The number of esters is 1. The predicted octanol–water partition coefficient (Wildman–Crippen LogP) is 3.38. The first-order valence-corrected chi connectivity index (χ1v) is 9.38. The number of halogens is 2. The minimum atomic E-state index is -0.991. The van der Waals surface area contributed by atoms with Crippen LogP contribution in [0.1, 0.15) is 31.2 Å². The minimum absolute atomic E-state index is 0.0121. The third-order valence-electron chi connectivity index (χ3n) is 4.90. The molecule has 1 fully saturated rings. The van der Waals surface area contributed by atoms with Crippen molar-refractivity contribution >= 4 is 35.3 Å². The summed E-state index contributed by atoms with van der Waals surface area (Å²) in [6, 6.07) is 2.58. The summed E-state index contributed by atoms with van der Waals surface area (Å²) >= 11 is 12.6. The number of piperidine rings is 1.